The number of hydrogen-bond acceptors (Lipinski definition) is 3. The Morgan fingerprint density at radius 2 is 1.95 bits per heavy atom. The van der Waals surface area contributed by atoms with Gasteiger partial charge in [0.25, 0.3) is 5.92 Å². The Kier molecular flexibility index (Phi) is 4.94. The van der Waals surface area contributed by atoms with E-state index in [1.54, 1.807) is 20.8 Å². The number of aliphatic carboxylic acids is 1. The molecule has 1 atom stereocenters. The summed E-state index contributed by atoms with van der Waals surface area (Å²) in [5, 5.41) is 8.52. The van der Waals surface area contributed by atoms with Crippen molar-refractivity contribution in [2.75, 3.05) is 13.1 Å². The van der Waals surface area contributed by atoms with Gasteiger partial charge in [-0.05, 0) is 33.6 Å². The van der Waals surface area contributed by atoms with E-state index in [1.165, 1.54) is 4.90 Å². The van der Waals surface area contributed by atoms with E-state index in [4.69, 9.17) is 9.84 Å². The van der Waals surface area contributed by atoms with Crippen LogP contribution in [0.3, 0.4) is 0 Å². The Morgan fingerprint density at radius 1 is 1.35 bits per heavy atom. The minimum Gasteiger partial charge on any atom is -0.481 e. The number of hydrogen-bond donors (Lipinski definition) is 1. The van der Waals surface area contributed by atoms with E-state index in [0.29, 0.717) is 13.0 Å². The molecule has 0 bridgehead atoms. The largest absolute Gasteiger partial charge is 0.481 e. The minimum atomic E-state index is -3.31. The number of carboxylic acid groups (broad SMARTS) is 1. The highest BCUT2D eigenvalue weighted by Gasteiger charge is 2.44. The van der Waals surface area contributed by atoms with E-state index in [2.05, 4.69) is 0 Å². The third-order valence-corrected chi connectivity index (χ3v) is 3.06. The summed E-state index contributed by atoms with van der Waals surface area (Å²) in [6, 6.07) is 0. The summed E-state index contributed by atoms with van der Waals surface area (Å²) < 4.78 is 32.7. The molecule has 0 aromatic heterocycles. The summed E-state index contributed by atoms with van der Waals surface area (Å²) in [5.74, 6) is -5.99. The molecule has 1 amide bonds. The normalized spacial score (nSPS) is 20.6. The van der Waals surface area contributed by atoms with Crippen LogP contribution >= 0.6 is 0 Å². The molecule has 1 rings (SSSR count). The first-order valence-corrected chi connectivity index (χ1v) is 6.59. The molecule has 0 aromatic rings. The molecule has 1 heterocycles. The summed E-state index contributed by atoms with van der Waals surface area (Å²) in [6.07, 6.45) is -1.22. The second-order valence-electron chi connectivity index (χ2n) is 6.10. The van der Waals surface area contributed by atoms with Crippen molar-refractivity contribution in [1.29, 1.82) is 0 Å². The van der Waals surface area contributed by atoms with Crippen LogP contribution in [-0.2, 0) is 9.53 Å². The van der Waals surface area contributed by atoms with Crippen molar-refractivity contribution in [3.8, 4) is 0 Å². The molecule has 1 fully saturated rings. The standard InChI is InChI=1S/C13H21F2NO4/c1-12(2,3)20-11(19)16-6-4-5-9(8-16)13(14,15)7-10(17)18/h9H,4-8H2,1-3H3,(H,17,18). The summed E-state index contributed by atoms with van der Waals surface area (Å²) in [7, 11) is 0. The predicted molar refractivity (Wildman–Crippen MR) is 67.7 cm³/mol. The number of piperidine rings is 1. The monoisotopic (exact) mass is 293 g/mol. The molecule has 1 saturated heterocycles. The molecule has 0 aliphatic carbocycles. The van der Waals surface area contributed by atoms with Crippen molar-refractivity contribution < 1.29 is 28.2 Å². The van der Waals surface area contributed by atoms with Crippen LogP contribution in [0.5, 0.6) is 0 Å². The van der Waals surface area contributed by atoms with Crippen LogP contribution < -0.4 is 0 Å². The Balaban J connectivity index is 2.67. The topological polar surface area (TPSA) is 66.8 Å². The summed E-state index contributed by atoms with van der Waals surface area (Å²) in [6.45, 7) is 5.28. The highest BCUT2D eigenvalue weighted by Crippen LogP contribution is 2.35. The van der Waals surface area contributed by atoms with E-state index in [0.717, 1.165) is 0 Å². The number of likely N-dealkylation sites (tertiary alicyclic amines) is 1. The van der Waals surface area contributed by atoms with Gasteiger partial charge in [0.15, 0.2) is 0 Å². The Hall–Kier alpha value is -1.40. The second kappa shape index (κ2) is 5.93. The van der Waals surface area contributed by atoms with Gasteiger partial charge < -0.3 is 14.7 Å². The number of ether oxygens (including phenoxy) is 1. The summed E-state index contributed by atoms with van der Waals surface area (Å²) >= 11 is 0. The molecule has 20 heavy (non-hydrogen) atoms. The average Bonchev–Trinajstić information content (AvgIpc) is 2.25. The van der Waals surface area contributed by atoms with E-state index in [9.17, 15) is 18.4 Å². The van der Waals surface area contributed by atoms with Crippen molar-refractivity contribution in [3.05, 3.63) is 0 Å². The molecule has 1 N–H and O–H groups in total. The van der Waals surface area contributed by atoms with Gasteiger partial charge in [0, 0.05) is 19.0 Å². The third-order valence-electron chi connectivity index (χ3n) is 3.06. The Bertz CT molecular complexity index is 379. The quantitative estimate of drug-likeness (QED) is 0.869. The molecule has 0 aromatic carbocycles. The van der Waals surface area contributed by atoms with Crippen molar-refractivity contribution in [3.63, 3.8) is 0 Å². The number of carbonyl (C=O) groups is 2. The average molecular weight is 293 g/mol. The smallest absolute Gasteiger partial charge is 0.410 e. The summed E-state index contributed by atoms with van der Waals surface area (Å²) in [5.41, 5.74) is -0.687. The molecule has 116 valence electrons. The number of carboxylic acids is 1. The lowest BCUT2D eigenvalue weighted by molar-refractivity contribution is -0.151. The van der Waals surface area contributed by atoms with Crippen molar-refractivity contribution >= 4 is 12.1 Å². The molecule has 1 aliphatic rings. The number of alkyl halides is 2. The summed E-state index contributed by atoms with van der Waals surface area (Å²) in [4.78, 5) is 23.6. The SMILES string of the molecule is CC(C)(C)OC(=O)N1CCCC(C(F)(F)CC(=O)O)C1. The van der Waals surface area contributed by atoms with E-state index >= 15 is 0 Å². The van der Waals surface area contributed by atoms with Gasteiger partial charge in [-0.3, -0.25) is 4.79 Å². The number of nitrogens with zero attached hydrogens (tertiary/aromatic N) is 1. The van der Waals surface area contributed by atoms with Crippen molar-refractivity contribution in [1.82, 2.24) is 4.90 Å². The zero-order valence-corrected chi connectivity index (χ0v) is 12.0. The minimum absolute atomic E-state index is 0.171. The van der Waals surface area contributed by atoms with Crippen LogP contribution in [0, 0.1) is 5.92 Å². The predicted octanol–water partition coefficient (Wildman–Crippen LogP) is 2.74. The number of rotatable bonds is 3. The van der Waals surface area contributed by atoms with Crippen molar-refractivity contribution in [2.24, 2.45) is 5.92 Å². The van der Waals surface area contributed by atoms with Crippen LogP contribution in [0.2, 0.25) is 0 Å². The maximum Gasteiger partial charge on any atom is 0.410 e. The molecule has 0 radical (unpaired) electrons. The van der Waals surface area contributed by atoms with Crippen LogP contribution in [0.15, 0.2) is 0 Å². The van der Waals surface area contributed by atoms with Gasteiger partial charge in [-0.2, -0.15) is 0 Å². The lowest BCUT2D eigenvalue weighted by Crippen LogP contribution is -2.48. The van der Waals surface area contributed by atoms with Gasteiger partial charge in [-0.1, -0.05) is 0 Å². The molecular formula is C13H21F2NO4. The van der Waals surface area contributed by atoms with Crippen LogP contribution in [-0.4, -0.2) is 46.7 Å². The van der Waals surface area contributed by atoms with E-state index in [1.807, 2.05) is 0 Å². The van der Waals surface area contributed by atoms with Crippen molar-refractivity contribution in [2.45, 2.75) is 51.6 Å². The maximum atomic E-state index is 13.8. The Morgan fingerprint density at radius 3 is 2.45 bits per heavy atom. The molecule has 0 spiro atoms. The molecule has 0 saturated carbocycles. The molecule has 1 unspecified atom stereocenters. The maximum absolute atomic E-state index is 13.8. The number of carbonyl (C=O) groups excluding carboxylic acids is 1. The number of amides is 1. The van der Waals surface area contributed by atoms with Gasteiger partial charge in [0.1, 0.15) is 12.0 Å². The van der Waals surface area contributed by atoms with Gasteiger partial charge in [-0.25, -0.2) is 13.6 Å². The highest BCUT2D eigenvalue weighted by molar-refractivity contribution is 5.69. The van der Waals surface area contributed by atoms with Crippen LogP contribution in [0.4, 0.5) is 13.6 Å². The fourth-order valence-electron chi connectivity index (χ4n) is 2.16. The van der Waals surface area contributed by atoms with Crippen LogP contribution in [0.1, 0.15) is 40.0 Å². The van der Waals surface area contributed by atoms with Crippen LogP contribution in [0.25, 0.3) is 0 Å². The third kappa shape index (κ3) is 4.94. The first-order valence-electron chi connectivity index (χ1n) is 6.59. The fourth-order valence-corrected chi connectivity index (χ4v) is 2.16. The second-order valence-corrected chi connectivity index (χ2v) is 6.10. The lowest BCUT2D eigenvalue weighted by atomic mass is 9.90. The zero-order chi connectivity index (χ0) is 15.6. The Labute approximate surface area is 116 Å². The van der Waals surface area contributed by atoms with E-state index < -0.39 is 35.9 Å². The highest BCUT2D eigenvalue weighted by atomic mass is 19.3. The van der Waals surface area contributed by atoms with E-state index in [-0.39, 0.29) is 13.0 Å². The molecule has 5 nitrogen and oxygen atoms in total. The van der Waals surface area contributed by atoms with Gasteiger partial charge in [0.2, 0.25) is 0 Å². The first kappa shape index (κ1) is 16.7. The van der Waals surface area contributed by atoms with Gasteiger partial charge >= 0.3 is 12.1 Å². The molecule has 7 heteroatoms. The fraction of sp³-hybridized carbons (Fsp3) is 0.846. The first-order chi connectivity index (χ1) is 9.01. The number of halogens is 2. The molecule has 1 aliphatic heterocycles. The lowest BCUT2D eigenvalue weighted by Gasteiger charge is -2.36. The molecular weight excluding hydrogens is 272 g/mol. The van der Waals surface area contributed by atoms with Gasteiger partial charge in [0.05, 0.1) is 0 Å². The zero-order valence-electron chi connectivity index (χ0n) is 12.0. The van der Waals surface area contributed by atoms with Gasteiger partial charge in [-0.15, -0.1) is 0 Å².